The molecule has 2 nitrogen and oxygen atoms in total. The van der Waals surface area contributed by atoms with Crippen LogP contribution in [0.15, 0.2) is 36.4 Å². The van der Waals surface area contributed by atoms with Crippen molar-refractivity contribution in [1.82, 2.24) is 0 Å². The first-order valence-electron chi connectivity index (χ1n) is 5.50. The van der Waals surface area contributed by atoms with E-state index in [9.17, 15) is 18.0 Å². The maximum Gasteiger partial charge on any atom is 0.258 e. The van der Waals surface area contributed by atoms with E-state index in [1.54, 1.807) is 6.92 Å². The highest BCUT2D eigenvalue weighted by Gasteiger charge is 2.15. The van der Waals surface area contributed by atoms with E-state index in [1.165, 1.54) is 24.3 Å². The SMILES string of the molecule is Cc1ccc(F)c(C(=O)Nc2cccc(F)c2F)c1. The first-order valence-corrected chi connectivity index (χ1v) is 5.50. The second-order valence-electron chi connectivity index (χ2n) is 4.04. The summed E-state index contributed by atoms with van der Waals surface area (Å²) in [6.07, 6.45) is 0. The van der Waals surface area contributed by atoms with E-state index in [4.69, 9.17) is 0 Å². The molecule has 19 heavy (non-hydrogen) atoms. The molecule has 0 aliphatic heterocycles. The van der Waals surface area contributed by atoms with Crippen molar-refractivity contribution >= 4 is 11.6 Å². The molecule has 0 aliphatic rings. The fourth-order valence-corrected chi connectivity index (χ4v) is 1.60. The molecule has 0 bridgehead atoms. The third kappa shape index (κ3) is 2.76. The smallest absolute Gasteiger partial charge is 0.258 e. The van der Waals surface area contributed by atoms with Crippen LogP contribution < -0.4 is 5.32 Å². The highest BCUT2D eigenvalue weighted by molar-refractivity contribution is 6.04. The Labute approximate surface area is 107 Å². The van der Waals surface area contributed by atoms with Gasteiger partial charge in [-0.2, -0.15) is 0 Å². The second kappa shape index (κ2) is 5.14. The molecule has 0 atom stereocenters. The lowest BCUT2D eigenvalue weighted by Gasteiger charge is -2.08. The Morgan fingerprint density at radius 3 is 2.53 bits per heavy atom. The Hall–Kier alpha value is -2.30. The van der Waals surface area contributed by atoms with Crippen molar-refractivity contribution in [2.45, 2.75) is 6.92 Å². The normalized spacial score (nSPS) is 10.3. The van der Waals surface area contributed by atoms with E-state index in [0.29, 0.717) is 5.56 Å². The monoisotopic (exact) mass is 265 g/mol. The van der Waals surface area contributed by atoms with Crippen LogP contribution in [0, 0.1) is 24.4 Å². The standard InChI is InChI=1S/C14H10F3NO/c1-8-5-6-10(15)9(7-8)14(19)18-12-4-2-3-11(16)13(12)17/h2-7H,1H3,(H,18,19). The molecule has 98 valence electrons. The summed E-state index contributed by atoms with van der Waals surface area (Å²) in [4.78, 5) is 11.8. The molecule has 0 spiro atoms. The van der Waals surface area contributed by atoms with Crippen LogP contribution in [0.2, 0.25) is 0 Å². The van der Waals surface area contributed by atoms with Crippen LogP contribution in [0.1, 0.15) is 15.9 Å². The van der Waals surface area contributed by atoms with Gasteiger partial charge in [0.15, 0.2) is 11.6 Å². The fraction of sp³-hybridized carbons (Fsp3) is 0.0714. The van der Waals surface area contributed by atoms with Gasteiger partial charge < -0.3 is 5.32 Å². The molecule has 1 amide bonds. The van der Waals surface area contributed by atoms with Gasteiger partial charge >= 0.3 is 0 Å². The van der Waals surface area contributed by atoms with E-state index in [2.05, 4.69) is 5.32 Å². The lowest BCUT2D eigenvalue weighted by atomic mass is 10.1. The average molecular weight is 265 g/mol. The Kier molecular flexibility index (Phi) is 3.55. The molecule has 0 heterocycles. The number of carbonyl (C=O) groups is 1. The third-order valence-electron chi connectivity index (χ3n) is 2.57. The highest BCUT2D eigenvalue weighted by Crippen LogP contribution is 2.18. The first kappa shape index (κ1) is 13.1. The molecular weight excluding hydrogens is 255 g/mol. The molecule has 0 radical (unpaired) electrons. The summed E-state index contributed by atoms with van der Waals surface area (Å²) in [7, 11) is 0. The molecule has 0 unspecified atom stereocenters. The van der Waals surface area contributed by atoms with E-state index in [0.717, 1.165) is 12.1 Å². The molecule has 0 fully saturated rings. The number of anilines is 1. The quantitative estimate of drug-likeness (QED) is 0.882. The number of benzene rings is 2. The van der Waals surface area contributed by atoms with Gasteiger partial charge in [0.25, 0.3) is 5.91 Å². The molecule has 2 rings (SSSR count). The van der Waals surface area contributed by atoms with E-state index >= 15 is 0 Å². The van der Waals surface area contributed by atoms with Crippen molar-refractivity contribution in [1.29, 1.82) is 0 Å². The molecule has 1 N–H and O–H groups in total. The Bertz CT molecular complexity index is 641. The van der Waals surface area contributed by atoms with Gasteiger partial charge in [-0.15, -0.1) is 0 Å². The van der Waals surface area contributed by atoms with Crippen molar-refractivity contribution in [2.24, 2.45) is 0 Å². The van der Waals surface area contributed by atoms with E-state index in [-0.39, 0.29) is 11.3 Å². The van der Waals surface area contributed by atoms with Gasteiger partial charge in [0.2, 0.25) is 0 Å². The lowest BCUT2D eigenvalue weighted by molar-refractivity contribution is 0.102. The summed E-state index contributed by atoms with van der Waals surface area (Å²) in [5, 5.41) is 2.14. The van der Waals surface area contributed by atoms with Crippen LogP contribution in [-0.2, 0) is 0 Å². The van der Waals surface area contributed by atoms with Gasteiger partial charge in [-0.25, -0.2) is 13.2 Å². The number of hydrogen-bond donors (Lipinski definition) is 1. The summed E-state index contributed by atoms with van der Waals surface area (Å²) in [5.41, 5.74) is 0.140. The topological polar surface area (TPSA) is 29.1 Å². The summed E-state index contributed by atoms with van der Waals surface area (Å²) in [5.74, 6) is -3.81. The van der Waals surface area contributed by atoms with Crippen LogP contribution in [0.25, 0.3) is 0 Å². The number of aryl methyl sites for hydroxylation is 1. The molecule has 0 aromatic heterocycles. The van der Waals surface area contributed by atoms with Crippen molar-refractivity contribution in [3.05, 3.63) is 65.0 Å². The summed E-state index contributed by atoms with van der Waals surface area (Å²) >= 11 is 0. The van der Waals surface area contributed by atoms with Gasteiger partial charge in [0.1, 0.15) is 5.82 Å². The molecule has 5 heteroatoms. The number of nitrogens with one attached hydrogen (secondary N) is 1. The van der Waals surface area contributed by atoms with Crippen molar-refractivity contribution in [3.8, 4) is 0 Å². The Morgan fingerprint density at radius 1 is 1.05 bits per heavy atom. The van der Waals surface area contributed by atoms with Gasteiger partial charge in [0, 0.05) is 0 Å². The second-order valence-corrected chi connectivity index (χ2v) is 4.04. The van der Waals surface area contributed by atoms with Gasteiger partial charge in [-0.05, 0) is 31.2 Å². The van der Waals surface area contributed by atoms with Crippen molar-refractivity contribution in [2.75, 3.05) is 5.32 Å². The van der Waals surface area contributed by atoms with Crippen LogP contribution >= 0.6 is 0 Å². The maximum absolute atomic E-state index is 13.5. The van der Waals surface area contributed by atoms with Gasteiger partial charge in [-0.1, -0.05) is 17.7 Å². The van der Waals surface area contributed by atoms with E-state index in [1.807, 2.05) is 0 Å². The summed E-state index contributed by atoms with van der Waals surface area (Å²) in [6, 6.07) is 7.37. The predicted molar refractivity (Wildman–Crippen MR) is 65.4 cm³/mol. The number of hydrogen-bond acceptors (Lipinski definition) is 1. The molecule has 2 aromatic rings. The zero-order valence-electron chi connectivity index (χ0n) is 10.0. The first-order chi connectivity index (χ1) is 8.99. The number of rotatable bonds is 2. The minimum absolute atomic E-state index is 0.219. The zero-order chi connectivity index (χ0) is 14.0. The van der Waals surface area contributed by atoms with Crippen LogP contribution in [0.4, 0.5) is 18.9 Å². The summed E-state index contributed by atoms with van der Waals surface area (Å²) in [6.45, 7) is 1.69. The molecular formula is C14H10F3NO. The number of carbonyl (C=O) groups excluding carboxylic acids is 1. The highest BCUT2D eigenvalue weighted by atomic mass is 19.2. The van der Waals surface area contributed by atoms with Crippen molar-refractivity contribution in [3.63, 3.8) is 0 Å². The van der Waals surface area contributed by atoms with Crippen LogP contribution in [0.5, 0.6) is 0 Å². The largest absolute Gasteiger partial charge is 0.319 e. The van der Waals surface area contributed by atoms with E-state index < -0.39 is 23.4 Å². The minimum atomic E-state index is -1.18. The number of amides is 1. The zero-order valence-corrected chi connectivity index (χ0v) is 10.0. The predicted octanol–water partition coefficient (Wildman–Crippen LogP) is 3.66. The average Bonchev–Trinajstić information content (AvgIpc) is 2.38. The third-order valence-corrected chi connectivity index (χ3v) is 2.57. The van der Waals surface area contributed by atoms with Crippen molar-refractivity contribution < 1.29 is 18.0 Å². The Morgan fingerprint density at radius 2 is 1.79 bits per heavy atom. The lowest BCUT2D eigenvalue weighted by Crippen LogP contribution is -2.15. The molecule has 0 saturated heterocycles. The molecule has 0 aliphatic carbocycles. The Balaban J connectivity index is 2.31. The molecule has 2 aromatic carbocycles. The summed E-state index contributed by atoms with van der Waals surface area (Å²) < 4.78 is 39.8. The van der Waals surface area contributed by atoms with Gasteiger partial charge in [0.05, 0.1) is 11.3 Å². The van der Waals surface area contributed by atoms with Crippen LogP contribution in [-0.4, -0.2) is 5.91 Å². The van der Waals surface area contributed by atoms with Gasteiger partial charge in [-0.3, -0.25) is 4.79 Å². The van der Waals surface area contributed by atoms with Crippen LogP contribution in [0.3, 0.4) is 0 Å². The maximum atomic E-state index is 13.5. The fourth-order valence-electron chi connectivity index (χ4n) is 1.60. The number of halogens is 3. The molecule has 0 saturated carbocycles. The minimum Gasteiger partial charge on any atom is -0.319 e.